The summed E-state index contributed by atoms with van der Waals surface area (Å²) in [5.41, 5.74) is 7.78. The summed E-state index contributed by atoms with van der Waals surface area (Å²) in [5, 5.41) is 2.82. The maximum atomic E-state index is 11.4. The Morgan fingerprint density at radius 1 is 1.44 bits per heavy atom. The van der Waals surface area contributed by atoms with Crippen LogP contribution in [0.25, 0.3) is 0 Å². The monoisotopic (exact) mass is 250 g/mol. The van der Waals surface area contributed by atoms with Gasteiger partial charge in [0.05, 0.1) is 13.0 Å². The van der Waals surface area contributed by atoms with E-state index in [0.717, 1.165) is 16.9 Å². The Morgan fingerprint density at radius 2 is 2.17 bits per heavy atom. The van der Waals surface area contributed by atoms with Crippen LogP contribution >= 0.6 is 0 Å². The van der Waals surface area contributed by atoms with Crippen LogP contribution in [-0.4, -0.2) is 18.6 Å². The summed E-state index contributed by atoms with van der Waals surface area (Å²) in [6, 6.07) is 6.04. The zero-order valence-corrected chi connectivity index (χ0v) is 11.3. The summed E-state index contributed by atoms with van der Waals surface area (Å²) in [7, 11) is 0. The second-order valence-electron chi connectivity index (χ2n) is 4.64. The Kier molecular flexibility index (Phi) is 5.65. The molecule has 3 N–H and O–H groups in total. The lowest BCUT2D eigenvalue weighted by molar-refractivity contribution is -0.122. The van der Waals surface area contributed by atoms with Crippen molar-refractivity contribution in [3.63, 3.8) is 0 Å². The van der Waals surface area contributed by atoms with E-state index < -0.39 is 0 Å². The smallest absolute Gasteiger partial charge is 0.223 e. The molecule has 4 heteroatoms. The number of carbonyl (C=O) groups excluding carboxylic acids is 1. The molecule has 0 aliphatic heterocycles. The largest absolute Gasteiger partial charge is 0.493 e. The molecule has 18 heavy (non-hydrogen) atoms. The molecule has 4 nitrogen and oxygen atoms in total. The van der Waals surface area contributed by atoms with Crippen LogP contribution in [0.5, 0.6) is 5.75 Å². The number of nitrogens with two attached hydrogens (primary N) is 1. The molecule has 0 spiro atoms. The average molecular weight is 250 g/mol. The summed E-state index contributed by atoms with van der Waals surface area (Å²) in [5.74, 6) is 0.770. The fraction of sp³-hybridized carbons (Fsp3) is 0.500. The first-order valence-electron chi connectivity index (χ1n) is 6.24. The highest BCUT2D eigenvalue weighted by atomic mass is 16.5. The van der Waals surface area contributed by atoms with Crippen LogP contribution in [-0.2, 0) is 11.3 Å². The number of ether oxygens (including phenoxy) is 1. The highest BCUT2D eigenvalue weighted by Crippen LogP contribution is 2.19. The molecular formula is C14H22N2O2. The molecule has 100 valence electrons. The van der Waals surface area contributed by atoms with Gasteiger partial charge in [-0.2, -0.15) is 0 Å². The molecular weight excluding hydrogens is 228 g/mol. The lowest BCUT2D eigenvalue weighted by atomic mass is 10.1. The number of hydrogen-bond donors (Lipinski definition) is 2. The van der Waals surface area contributed by atoms with E-state index >= 15 is 0 Å². The Balaban J connectivity index is 2.46. The number of aryl methyl sites for hydroxylation is 1. The molecule has 0 aliphatic rings. The van der Waals surface area contributed by atoms with Gasteiger partial charge in [-0.25, -0.2) is 0 Å². The fourth-order valence-corrected chi connectivity index (χ4v) is 1.66. The van der Waals surface area contributed by atoms with E-state index in [1.807, 2.05) is 39.0 Å². The van der Waals surface area contributed by atoms with Crippen LogP contribution in [0.4, 0.5) is 0 Å². The van der Waals surface area contributed by atoms with E-state index in [0.29, 0.717) is 19.6 Å². The predicted octanol–water partition coefficient (Wildman–Crippen LogP) is 1.75. The van der Waals surface area contributed by atoms with Gasteiger partial charge in [-0.15, -0.1) is 0 Å². The average Bonchev–Trinajstić information content (AvgIpc) is 2.30. The van der Waals surface area contributed by atoms with Crippen molar-refractivity contribution >= 4 is 5.91 Å². The number of rotatable bonds is 6. The fourth-order valence-electron chi connectivity index (χ4n) is 1.66. The third-order valence-corrected chi connectivity index (χ3v) is 2.47. The van der Waals surface area contributed by atoms with Crippen molar-refractivity contribution in [1.82, 2.24) is 5.32 Å². The Morgan fingerprint density at radius 3 is 2.78 bits per heavy atom. The number of benzene rings is 1. The van der Waals surface area contributed by atoms with Crippen molar-refractivity contribution in [2.24, 2.45) is 5.73 Å². The molecule has 0 fully saturated rings. The third-order valence-electron chi connectivity index (χ3n) is 2.47. The minimum Gasteiger partial charge on any atom is -0.493 e. The summed E-state index contributed by atoms with van der Waals surface area (Å²) >= 11 is 0. The molecule has 1 aromatic carbocycles. The summed E-state index contributed by atoms with van der Waals surface area (Å²) in [6.45, 7) is 6.69. The van der Waals surface area contributed by atoms with Gasteiger partial charge in [0.15, 0.2) is 0 Å². The van der Waals surface area contributed by atoms with E-state index in [2.05, 4.69) is 5.32 Å². The number of amides is 1. The maximum Gasteiger partial charge on any atom is 0.223 e. The van der Waals surface area contributed by atoms with Crippen LogP contribution in [0.1, 0.15) is 31.4 Å². The minimum atomic E-state index is 0.00594. The van der Waals surface area contributed by atoms with Gasteiger partial charge in [0.2, 0.25) is 5.91 Å². The quantitative estimate of drug-likeness (QED) is 0.808. The summed E-state index contributed by atoms with van der Waals surface area (Å²) in [6.07, 6.45) is 0.357. The normalized spacial score (nSPS) is 10.5. The zero-order chi connectivity index (χ0) is 13.5. The van der Waals surface area contributed by atoms with Crippen molar-refractivity contribution in [3.8, 4) is 5.75 Å². The minimum absolute atomic E-state index is 0.00594. The van der Waals surface area contributed by atoms with Crippen LogP contribution in [0, 0.1) is 6.92 Å². The van der Waals surface area contributed by atoms with E-state index in [-0.39, 0.29) is 11.9 Å². The molecule has 1 aromatic rings. The predicted molar refractivity (Wildman–Crippen MR) is 72.5 cm³/mol. The first-order valence-corrected chi connectivity index (χ1v) is 6.24. The molecule has 0 radical (unpaired) electrons. The molecule has 1 rings (SSSR count). The first kappa shape index (κ1) is 14.5. The molecule has 0 unspecified atom stereocenters. The molecule has 0 atom stereocenters. The van der Waals surface area contributed by atoms with E-state index in [1.54, 1.807) is 0 Å². The lowest BCUT2D eigenvalue weighted by Crippen LogP contribution is -2.31. The highest BCUT2D eigenvalue weighted by molar-refractivity contribution is 5.76. The van der Waals surface area contributed by atoms with Crippen LogP contribution < -0.4 is 15.8 Å². The lowest BCUT2D eigenvalue weighted by Gasteiger charge is -2.12. The van der Waals surface area contributed by atoms with E-state index in [9.17, 15) is 4.79 Å². The molecule has 0 aromatic heterocycles. The van der Waals surface area contributed by atoms with Crippen molar-refractivity contribution in [1.29, 1.82) is 0 Å². The van der Waals surface area contributed by atoms with Crippen molar-refractivity contribution in [2.45, 2.75) is 39.8 Å². The van der Waals surface area contributed by atoms with Crippen LogP contribution in [0.15, 0.2) is 18.2 Å². The molecule has 0 saturated heterocycles. The Hall–Kier alpha value is -1.55. The van der Waals surface area contributed by atoms with E-state index in [1.165, 1.54) is 0 Å². The number of nitrogens with one attached hydrogen (secondary N) is 1. The van der Waals surface area contributed by atoms with E-state index in [4.69, 9.17) is 10.5 Å². The molecule has 0 heterocycles. The topological polar surface area (TPSA) is 64.3 Å². The molecule has 0 bridgehead atoms. The van der Waals surface area contributed by atoms with Gasteiger partial charge >= 0.3 is 0 Å². The molecule has 1 amide bonds. The van der Waals surface area contributed by atoms with Crippen molar-refractivity contribution in [3.05, 3.63) is 29.3 Å². The Bertz CT molecular complexity index is 403. The summed E-state index contributed by atoms with van der Waals surface area (Å²) in [4.78, 5) is 11.4. The van der Waals surface area contributed by atoms with Gasteiger partial charge in [-0.05, 0) is 26.8 Å². The second kappa shape index (κ2) is 7.01. The van der Waals surface area contributed by atoms with Crippen LogP contribution in [0.2, 0.25) is 0 Å². The Labute approximate surface area is 109 Å². The number of hydrogen-bond acceptors (Lipinski definition) is 3. The van der Waals surface area contributed by atoms with Gasteiger partial charge in [0.25, 0.3) is 0 Å². The first-order chi connectivity index (χ1) is 8.52. The third kappa shape index (κ3) is 4.75. The maximum absolute atomic E-state index is 11.4. The van der Waals surface area contributed by atoms with Gasteiger partial charge in [-0.3, -0.25) is 4.79 Å². The van der Waals surface area contributed by atoms with Crippen molar-refractivity contribution < 1.29 is 9.53 Å². The summed E-state index contributed by atoms with van der Waals surface area (Å²) < 4.78 is 5.59. The van der Waals surface area contributed by atoms with Gasteiger partial charge in [0.1, 0.15) is 5.75 Å². The van der Waals surface area contributed by atoms with Gasteiger partial charge < -0.3 is 15.8 Å². The standard InChI is InChI=1S/C14H22N2O2/c1-10(2)16-14(17)6-7-18-13-5-4-11(3)8-12(13)9-15/h4-5,8,10H,6-7,9,15H2,1-3H3,(H,16,17). The highest BCUT2D eigenvalue weighted by Gasteiger charge is 2.06. The molecule has 0 aliphatic carbocycles. The zero-order valence-electron chi connectivity index (χ0n) is 11.3. The van der Waals surface area contributed by atoms with Gasteiger partial charge in [0, 0.05) is 18.2 Å². The molecule has 0 saturated carbocycles. The van der Waals surface area contributed by atoms with Gasteiger partial charge in [-0.1, -0.05) is 17.7 Å². The van der Waals surface area contributed by atoms with Crippen LogP contribution in [0.3, 0.4) is 0 Å². The number of carbonyl (C=O) groups is 1. The van der Waals surface area contributed by atoms with Crippen molar-refractivity contribution in [2.75, 3.05) is 6.61 Å². The second-order valence-corrected chi connectivity index (χ2v) is 4.64. The SMILES string of the molecule is Cc1ccc(OCCC(=O)NC(C)C)c(CN)c1.